The van der Waals surface area contributed by atoms with Crippen molar-refractivity contribution >= 4 is 17.6 Å². The zero-order chi connectivity index (χ0) is 18.6. The molecule has 140 valence electrons. The van der Waals surface area contributed by atoms with Gasteiger partial charge in [0.1, 0.15) is 6.54 Å². The number of nitrogens with one attached hydrogen (secondary N) is 3. The molecule has 1 aliphatic rings. The maximum atomic E-state index is 12.1. The van der Waals surface area contributed by atoms with E-state index < -0.39 is 0 Å². The molecule has 0 atom stereocenters. The lowest BCUT2D eigenvalue weighted by molar-refractivity contribution is -0.114. The molecule has 3 N–H and O–H groups in total. The van der Waals surface area contributed by atoms with E-state index in [4.69, 9.17) is 6.42 Å². The van der Waals surface area contributed by atoms with Crippen LogP contribution in [0.15, 0.2) is 29.3 Å². The van der Waals surface area contributed by atoms with E-state index in [2.05, 4.69) is 31.8 Å². The Bertz CT molecular complexity index is 644. The lowest BCUT2D eigenvalue weighted by Gasteiger charge is -2.26. The number of amides is 1. The van der Waals surface area contributed by atoms with Crippen molar-refractivity contribution < 1.29 is 4.79 Å². The van der Waals surface area contributed by atoms with Crippen LogP contribution in [0.3, 0.4) is 0 Å². The molecule has 0 bridgehead atoms. The van der Waals surface area contributed by atoms with Crippen LogP contribution in [0.2, 0.25) is 0 Å². The topological polar surface area (TPSA) is 68.8 Å². The molecule has 1 heterocycles. The Hall–Kier alpha value is -2.52. The quantitative estimate of drug-likeness (QED) is 0.395. The van der Waals surface area contributed by atoms with E-state index in [1.807, 2.05) is 25.1 Å². The van der Waals surface area contributed by atoms with Gasteiger partial charge in [0.2, 0.25) is 5.91 Å². The fourth-order valence-corrected chi connectivity index (χ4v) is 2.90. The minimum atomic E-state index is -0.174. The third kappa shape index (κ3) is 7.16. The monoisotopic (exact) mass is 355 g/mol. The minimum absolute atomic E-state index is 0.0549. The Balaban J connectivity index is 1.78. The minimum Gasteiger partial charge on any atom is -0.357 e. The van der Waals surface area contributed by atoms with Gasteiger partial charge in [-0.05, 0) is 51.1 Å². The lowest BCUT2D eigenvalue weighted by Crippen LogP contribution is -2.43. The molecule has 26 heavy (non-hydrogen) atoms. The second-order valence-electron chi connectivity index (χ2n) is 6.30. The molecule has 6 nitrogen and oxygen atoms in total. The van der Waals surface area contributed by atoms with Crippen molar-refractivity contribution in [3.8, 4) is 12.3 Å². The van der Waals surface area contributed by atoms with Crippen molar-refractivity contribution in [2.24, 2.45) is 4.99 Å². The van der Waals surface area contributed by atoms with Gasteiger partial charge in [0.25, 0.3) is 0 Å². The van der Waals surface area contributed by atoms with Crippen LogP contribution in [-0.4, -0.2) is 56.0 Å². The fourth-order valence-electron chi connectivity index (χ4n) is 2.90. The predicted molar refractivity (Wildman–Crippen MR) is 107 cm³/mol. The number of likely N-dealkylation sites (tertiary alicyclic amines) is 1. The summed E-state index contributed by atoms with van der Waals surface area (Å²) in [4.78, 5) is 18.9. The molecular weight excluding hydrogens is 326 g/mol. The number of rotatable bonds is 7. The van der Waals surface area contributed by atoms with E-state index in [1.54, 1.807) is 6.07 Å². The van der Waals surface area contributed by atoms with Crippen LogP contribution in [0, 0.1) is 12.3 Å². The number of terminal acetylenes is 1. The summed E-state index contributed by atoms with van der Waals surface area (Å²) in [7, 11) is 0. The third-order valence-corrected chi connectivity index (χ3v) is 4.21. The van der Waals surface area contributed by atoms with Gasteiger partial charge in [-0.15, -0.1) is 6.42 Å². The van der Waals surface area contributed by atoms with E-state index in [-0.39, 0.29) is 12.5 Å². The average Bonchev–Trinajstić information content (AvgIpc) is 2.67. The summed E-state index contributed by atoms with van der Waals surface area (Å²) < 4.78 is 0. The first-order valence-electron chi connectivity index (χ1n) is 9.32. The maximum absolute atomic E-state index is 12.1. The first-order chi connectivity index (χ1) is 12.7. The molecule has 1 aromatic rings. The standard InChI is InChI=1S/C20H29N5O/c1-3-17-9-8-10-18(15-17)24-19(26)16-23-20(21-4-2)22-11-14-25-12-6-5-7-13-25/h1,8-10,15H,4-7,11-14,16H2,2H3,(H,24,26)(H2,21,22,23). The summed E-state index contributed by atoms with van der Waals surface area (Å²) in [5, 5.41) is 9.28. The highest BCUT2D eigenvalue weighted by Gasteiger charge is 2.09. The van der Waals surface area contributed by atoms with Gasteiger partial charge in [-0.3, -0.25) is 4.79 Å². The number of anilines is 1. The lowest BCUT2D eigenvalue weighted by atomic mass is 10.1. The molecule has 0 aromatic heterocycles. The first-order valence-corrected chi connectivity index (χ1v) is 9.32. The Morgan fingerprint density at radius 1 is 1.27 bits per heavy atom. The smallest absolute Gasteiger partial charge is 0.246 e. The number of nitrogens with zero attached hydrogens (tertiary/aromatic N) is 2. The summed E-state index contributed by atoms with van der Waals surface area (Å²) in [6, 6.07) is 7.22. The molecule has 0 unspecified atom stereocenters. The van der Waals surface area contributed by atoms with Crippen LogP contribution in [0.1, 0.15) is 31.7 Å². The van der Waals surface area contributed by atoms with E-state index >= 15 is 0 Å². The Morgan fingerprint density at radius 2 is 2.08 bits per heavy atom. The van der Waals surface area contributed by atoms with Crippen molar-refractivity contribution in [2.75, 3.05) is 44.6 Å². The molecule has 1 fully saturated rings. The first kappa shape index (κ1) is 19.8. The molecule has 0 aliphatic carbocycles. The third-order valence-electron chi connectivity index (χ3n) is 4.21. The van der Waals surface area contributed by atoms with Gasteiger partial charge in [-0.2, -0.15) is 0 Å². The number of aliphatic imine (C=N–C) groups is 1. The van der Waals surface area contributed by atoms with E-state index in [0.29, 0.717) is 11.6 Å². The largest absolute Gasteiger partial charge is 0.357 e. The van der Waals surface area contributed by atoms with Crippen LogP contribution in [0.25, 0.3) is 0 Å². The summed E-state index contributed by atoms with van der Waals surface area (Å²) in [6.45, 7) is 6.98. The summed E-state index contributed by atoms with van der Waals surface area (Å²) >= 11 is 0. The van der Waals surface area contributed by atoms with Gasteiger partial charge in [-0.1, -0.05) is 18.4 Å². The normalized spacial score (nSPS) is 15.2. The highest BCUT2D eigenvalue weighted by molar-refractivity contribution is 5.94. The second kappa shape index (κ2) is 11.2. The molecule has 1 saturated heterocycles. The summed E-state index contributed by atoms with van der Waals surface area (Å²) in [6.07, 6.45) is 9.29. The number of piperidine rings is 1. The number of benzene rings is 1. The van der Waals surface area contributed by atoms with Crippen LogP contribution in [0.5, 0.6) is 0 Å². The van der Waals surface area contributed by atoms with E-state index in [9.17, 15) is 4.79 Å². The highest BCUT2D eigenvalue weighted by atomic mass is 16.1. The predicted octanol–water partition coefficient (Wildman–Crippen LogP) is 1.65. The Labute approximate surface area is 156 Å². The van der Waals surface area contributed by atoms with Crippen molar-refractivity contribution in [2.45, 2.75) is 26.2 Å². The van der Waals surface area contributed by atoms with Gasteiger partial charge in [0.05, 0.1) is 0 Å². The van der Waals surface area contributed by atoms with Crippen molar-refractivity contribution in [1.82, 2.24) is 15.5 Å². The maximum Gasteiger partial charge on any atom is 0.246 e. The van der Waals surface area contributed by atoms with Gasteiger partial charge in [0.15, 0.2) is 5.96 Å². The molecule has 0 spiro atoms. The number of hydrogen-bond donors (Lipinski definition) is 3. The SMILES string of the molecule is C#Cc1cccc(NC(=O)CN=C(NCC)NCCN2CCCCC2)c1. The van der Waals surface area contributed by atoms with E-state index in [0.717, 1.165) is 25.2 Å². The number of carbonyl (C=O) groups excluding carboxylic acids is 1. The summed E-state index contributed by atoms with van der Waals surface area (Å²) in [5.74, 6) is 3.05. The van der Waals surface area contributed by atoms with Gasteiger partial charge in [0, 0.05) is 30.9 Å². The molecular formula is C20H29N5O. The molecule has 0 radical (unpaired) electrons. The van der Waals surface area contributed by atoms with Crippen molar-refractivity contribution in [3.05, 3.63) is 29.8 Å². The number of hydrogen-bond acceptors (Lipinski definition) is 3. The Morgan fingerprint density at radius 3 is 2.81 bits per heavy atom. The van der Waals surface area contributed by atoms with Crippen molar-refractivity contribution in [1.29, 1.82) is 0 Å². The van der Waals surface area contributed by atoms with Crippen LogP contribution in [0.4, 0.5) is 5.69 Å². The molecule has 1 aliphatic heterocycles. The van der Waals surface area contributed by atoms with Crippen molar-refractivity contribution in [3.63, 3.8) is 0 Å². The Kier molecular flexibility index (Phi) is 8.50. The zero-order valence-electron chi connectivity index (χ0n) is 15.6. The van der Waals surface area contributed by atoms with Crippen LogP contribution >= 0.6 is 0 Å². The molecule has 2 rings (SSSR count). The van der Waals surface area contributed by atoms with Crippen LogP contribution in [-0.2, 0) is 4.79 Å². The second-order valence-corrected chi connectivity index (χ2v) is 6.30. The van der Waals surface area contributed by atoms with Crippen LogP contribution < -0.4 is 16.0 Å². The molecule has 0 saturated carbocycles. The molecule has 1 aromatic carbocycles. The van der Waals surface area contributed by atoms with Gasteiger partial charge in [-0.25, -0.2) is 4.99 Å². The van der Waals surface area contributed by atoms with Gasteiger partial charge >= 0.3 is 0 Å². The fraction of sp³-hybridized carbons (Fsp3) is 0.500. The zero-order valence-corrected chi connectivity index (χ0v) is 15.6. The van der Waals surface area contributed by atoms with Gasteiger partial charge < -0.3 is 20.9 Å². The van der Waals surface area contributed by atoms with E-state index in [1.165, 1.54) is 32.4 Å². The average molecular weight is 355 g/mol. The number of carbonyl (C=O) groups is 1. The highest BCUT2D eigenvalue weighted by Crippen LogP contribution is 2.09. The summed E-state index contributed by atoms with van der Waals surface area (Å²) in [5.41, 5.74) is 1.42. The molecule has 6 heteroatoms. The number of guanidine groups is 1. The molecule has 1 amide bonds.